The summed E-state index contributed by atoms with van der Waals surface area (Å²) < 4.78 is 0. The number of nitrogens with one attached hydrogen (secondary N) is 1. The Morgan fingerprint density at radius 1 is 1.38 bits per heavy atom. The Labute approximate surface area is 145 Å². The van der Waals surface area contributed by atoms with Crippen LogP contribution in [0.3, 0.4) is 0 Å². The quantitative estimate of drug-likeness (QED) is 0.819. The van der Waals surface area contributed by atoms with Crippen molar-refractivity contribution < 1.29 is 14.4 Å². The fourth-order valence-corrected chi connectivity index (χ4v) is 3.48. The zero-order chi connectivity index (χ0) is 17.7. The predicted octanol–water partition coefficient (Wildman–Crippen LogP) is 1.48. The molecule has 1 saturated heterocycles. The SMILES string of the molecule is C=CC(=O)N(C)CC(=O)N1CSCC1C(=O)Nc1ccc(C)cc1. The summed E-state index contributed by atoms with van der Waals surface area (Å²) in [7, 11) is 1.53. The van der Waals surface area contributed by atoms with E-state index in [1.165, 1.54) is 28.6 Å². The van der Waals surface area contributed by atoms with Crippen LogP contribution in [-0.2, 0) is 14.4 Å². The summed E-state index contributed by atoms with van der Waals surface area (Å²) in [6.45, 7) is 5.30. The van der Waals surface area contributed by atoms with Crippen molar-refractivity contribution in [3.63, 3.8) is 0 Å². The van der Waals surface area contributed by atoms with E-state index in [-0.39, 0.29) is 24.3 Å². The van der Waals surface area contributed by atoms with Gasteiger partial charge in [-0.05, 0) is 25.1 Å². The molecule has 1 aliphatic heterocycles. The molecule has 0 aromatic heterocycles. The first kappa shape index (κ1) is 18.1. The van der Waals surface area contributed by atoms with E-state index >= 15 is 0 Å². The van der Waals surface area contributed by atoms with Crippen LogP contribution in [0.2, 0.25) is 0 Å². The topological polar surface area (TPSA) is 69.7 Å². The number of aryl methyl sites for hydroxylation is 1. The number of thioether (sulfide) groups is 1. The molecule has 7 heteroatoms. The number of carbonyl (C=O) groups is 3. The second-order valence-corrected chi connectivity index (χ2v) is 6.63. The van der Waals surface area contributed by atoms with E-state index in [4.69, 9.17) is 0 Å². The molecule has 24 heavy (non-hydrogen) atoms. The third-order valence-corrected chi connectivity index (χ3v) is 4.76. The van der Waals surface area contributed by atoms with Crippen LogP contribution < -0.4 is 5.32 Å². The first-order chi connectivity index (χ1) is 11.4. The van der Waals surface area contributed by atoms with Crippen molar-refractivity contribution in [2.75, 3.05) is 30.5 Å². The Kier molecular flexibility index (Phi) is 6.03. The summed E-state index contributed by atoms with van der Waals surface area (Å²) in [6, 6.07) is 6.96. The molecule has 3 amide bonds. The molecule has 0 aliphatic carbocycles. The number of likely N-dealkylation sites (N-methyl/N-ethyl adjacent to an activating group) is 1. The molecule has 0 spiro atoms. The van der Waals surface area contributed by atoms with Crippen molar-refractivity contribution in [1.29, 1.82) is 0 Å². The Morgan fingerprint density at radius 2 is 2.04 bits per heavy atom. The second kappa shape index (κ2) is 8.01. The summed E-state index contributed by atoms with van der Waals surface area (Å²) in [6.07, 6.45) is 1.16. The first-order valence-corrected chi connectivity index (χ1v) is 8.70. The van der Waals surface area contributed by atoms with Crippen LogP contribution in [0, 0.1) is 6.92 Å². The van der Waals surface area contributed by atoms with Crippen LogP contribution in [0.25, 0.3) is 0 Å². The molecule has 1 N–H and O–H groups in total. The van der Waals surface area contributed by atoms with Crippen molar-refractivity contribution in [2.45, 2.75) is 13.0 Å². The largest absolute Gasteiger partial charge is 0.333 e. The number of amides is 3. The third kappa shape index (κ3) is 4.38. The van der Waals surface area contributed by atoms with Gasteiger partial charge in [-0.2, -0.15) is 0 Å². The lowest BCUT2D eigenvalue weighted by atomic mass is 10.2. The highest BCUT2D eigenvalue weighted by Gasteiger charge is 2.35. The number of hydrogen-bond acceptors (Lipinski definition) is 4. The first-order valence-electron chi connectivity index (χ1n) is 7.54. The summed E-state index contributed by atoms with van der Waals surface area (Å²) >= 11 is 1.52. The fraction of sp³-hybridized carbons (Fsp3) is 0.353. The van der Waals surface area contributed by atoms with E-state index in [0.29, 0.717) is 17.3 Å². The van der Waals surface area contributed by atoms with E-state index in [1.54, 1.807) is 0 Å². The molecule has 1 aliphatic rings. The number of benzene rings is 1. The molecule has 2 rings (SSSR count). The Bertz CT molecular complexity index is 645. The molecular formula is C17H21N3O3S. The lowest BCUT2D eigenvalue weighted by Gasteiger charge is -2.25. The average molecular weight is 347 g/mol. The molecule has 1 aromatic rings. The Hall–Kier alpha value is -2.28. The van der Waals surface area contributed by atoms with Crippen LogP contribution >= 0.6 is 11.8 Å². The minimum atomic E-state index is -0.531. The fourth-order valence-electron chi connectivity index (χ4n) is 2.30. The molecular weight excluding hydrogens is 326 g/mol. The minimum absolute atomic E-state index is 0.0697. The second-order valence-electron chi connectivity index (χ2n) is 5.63. The average Bonchev–Trinajstić information content (AvgIpc) is 3.06. The monoisotopic (exact) mass is 347 g/mol. The summed E-state index contributed by atoms with van der Waals surface area (Å²) in [5, 5.41) is 2.84. The highest BCUT2D eigenvalue weighted by atomic mass is 32.2. The van der Waals surface area contributed by atoms with Crippen LogP contribution in [0.5, 0.6) is 0 Å². The molecule has 6 nitrogen and oxygen atoms in total. The highest BCUT2D eigenvalue weighted by Crippen LogP contribution is 2.22. The van der Waals surface area contributed by atoms with Crippen molar-refractivity contribution in [3.8, 4) is 0 Å². The van der Waals surface area contributed by atoms with E-state index in [9.17, 15) is 14.4 Å². The molecule has 1 heterocycles. The van der Waals surface area contributed by atoms with Crippen molar-refractivity contribution in [2.24, 2.45) is 0 Å². The molecule has 0 bridgehead atoms. The maximum atomic E-state index is 12.5. The van der Waals surface area contributed by atoms with Gasteiger partial charge in [0.1, 0.15) is 6.04 Å². The van der Waals surface area contributed by atoms with Crippen molar-refractivity contribution in [3.05, 3.63) is 42.5 Å². The maximum Gasteiger partial charge on any atom is 0.248 e. The minimum Gasteiger partial charge on any atom is -0.333 e. The number of anilines is 1. The van der Waals surface area contributed by atoms with E-state index in [1.807, 2.05) is 31.2 Å². The van der Waals surface area contributed by atoms with Gasteiger partial charge in [0.05, 0.1) is 12.4 Å². The van der Waals surface area contributed by atoms with Crippen molar-refractivity contribution in [1.82, 2.24) is 9.80 Å². The molecule has 0 radical (unpaired) electrons. The number of nitrogens with zero attached hydrogens (tertiary/aromatic N) is 2. The summed E-state index contributed by atoms with van der Waals surface area (Å²) in [5.74, 6) is 0.205. The normalized spacial score (nSPS) is 16.6. The van der Waals surface area contributed by atoms with Gasteiger partial charge >= 0.3 is 0 Å². The smallest absolute Gasteiger partial charge is 0.248 e. The summed E-state index contributed by atoms with van der Waals surface area (Å²) in [4.78, 5) is 39.2. The zero-order valence-corrected chi connectivity index (χ0v) is 14.6. The van der Waals surface area contributed by atoms with Gasteiger partial charge < -0.3 is 15.1 Å². The molecule has 1 unspecified atom stereocenters. The van der Waals surface area contributed by atoms with E-state index in [2.05, 4.69) is 11.9 Å². The van der Waals surface area contributed by atoms with Gasteiger partial charge in [0, 0.05) is 18.5 Å². The number of hydrogen-bond donors (Lipinski definition) is 1. The van der Waals surface area contributed by atoms with Gasteiger partial charge in [-0.25, -0.2) is 0 Å². The van der Waals surface area contributed by atoms with Crippen LogP contribution in [-0.4, -0.2) is 58.8 Å². The zero-order valence-electron chi connectivity index (χ0n) is 13.8. The molecule has 1 atom stereocenters. The molecule has 1 aromatic carbocycles. The highest BCUT2D eigenvalue weighted by molar-refractivity contribution is 7.99. The van der Waals surface area contributed by atoms with Gasteiger partial charge in [0.15, 0.2) is 0 Å². The van der Waals surface area contributed by atoms with Gasteiger partial charge in [-0.3, -0.25) is 14.4 Å². The van der Waals surface area contributed by atoms with Gasteiger partial charge in [-0.15, -0.1) is 11.8 Å². The van der Waals surface area contributed by atoms with Gasteiger partial charge in [-0.1, -0.05) is 24.3 Å². The van der Waals surface area contributed by atoms with Crippen LogP contribution in [0.1, 0.15) is 5.56 Å². The number of carbonyl (C=O) groups excluding carboxylic acids is 3. The van der Waals surface area contributed by atoms with Gasteiger partial charge in [0.2, 0.25) is 17.7 Å². The lowest BCUT2D eigenvalue weighted by molar-refractivity contribution is -0.139. The molecule has 128 valence electrons. The van der Waals surface area contributed by atoms with E-state index in [0.717, 1.165) is 11.6 Å². The van der Waals surface area contributed by atoms with Crippen LogP contribution in [0.15, 0.2) is 36.9 Å². The van der Waals surface area contributed by atoms with Crippen molar-refractivity contribution >= 4 is 35.2 Å². The third-order valence-electron chi connectivity index (χ3n) is 3.75. The Morgan fingerprint density at radius 3 is 2.67 bits per heavy atom. The van der Waals surface area contributed by atoms with Gasteiger partial charge in [0.25, 0.3) is 0 Å². The summed E-state index contributed by atoms with van der Waals surface area (Å²) in [5.41, 5.74) is 1.81. The number of rotatable bonds is 5. The lowest BCUT2D eigenvalue weighted by Crippen LogP contribution is -2.48. The molecule has 1 fully saturated rings. The standard InChI is InChI=1S/C17H21N3O3S/c1-4-15(21)19(3)9-16(22)20-11-24-10-14(20)17(23)18-13-7-5-12(2)6-8-13/h4-8,14H,1,9-11H2,2-3H3,(H,18,23). The van der Waals surface area contributed by atoms with Crippen LogP contribution in [0.4, 0.5) is 5.69 Å². The Balaban J connectivity index is 1.99. The van der Waals surface area contributed by atoms with E-state index < -0.39 is 6.04 Å². The molecule has 0 saturated carbocycles. The predicted molar refractivity (Wildman–Crippen MR) is 95.6 cm³/mol. The maximum absolute atomic E-state index is 12.5.